The topological polar surface area (TPSA) is 103 Å². The maximum atomic E-state index is 13.5. The van der Waals surface area contributed by atoms with Crippen LogP contribution in [0.25, 0.3) is 5.57 Å². The fourth-order valence-corrected chi connectivity index (χ4v) is 5.55. The van der Waals surface area contributed by atoms with Crippen LogP contribution in [0.3, 0.4) is 0 Å². The Bertz CT molecular complexity index is 1140. The van der Waals surface area contributed by atoms with Crippen molar-refractivity contribution in [3.05, 3.63) is 65.9 Å². The molecule has 0 unspecified atom stereocenters. The maximum Gasteiger partial charge on any atom is 0.253 e. The van der Waals surface area contributed by atoms with Crippen LogP contribution in [0, 0.1) is 10.8 Å². The summed E-state index contributed by atoms with van der Waals surface area (Å²) in [5.74, 6) is 0.185. The van der Waals surface area contributed by atoms with Gasteiger partial charge in [0, 0.05) is 67.6 Å². The lowest BCUT2D eigenvalue weighted by Crippen LogP contribution is -2.46. The van der Waals surface area contributed by atoms with E-state index in [2.05, 4.69) is 4.90 Å². The van der Waals surface area contributed by atoms with Gasteiger partial charge < -0.3 is 30.6 Å². The normalized spacial score (nSPS) is 20.2. The van der Waals surface area contributed by atoms with E-state index in [1.165, 1.54) is 12.4 Å². The van der Waals surface area contributed by atoms with Crippen LogP contribution in [-0.4, -0.2) is 68.9 Å². The van der Waals surface area contributed by atoms with E-state index in [0.29, 0.717) is 43.6 Å². The van der Waals surface area contributed by atoms with Gasteiger partial charge >= 0.3 is 0 Å². The molecule has 0 aromatic heterocycles. The van der Waals surface area contributed by atoms with Gasteiger partial charge in [-0.25, -0.2) is 0 Å². The van der Waals surface area contributed by atoms with Crippen LogP contribution in [0.5, 0.6) is 0 Å². The zero-order chi connectivity index (χ0) is 25.1. The number of nitrogens with zero attached hydrogens (tertiary/aromatic N) is 3. The van der Waals surface area contributed by atoms with Crippen molar-refractivity contribution >= 4 is 35.0 Å². The standard InChI is InChI=1S/C28H33N5O3/c29-19-23(20-30)21-1-7-25(8-2-21)33-14-11-28(27(33)35)9-12-32(13-10-28)26(34)22-3-5-24(6-4-22)31-15-17-36-18-16-31/h1-8,19-20,29H,9-18,30H2/b23-20+,29-19?. The fourth-order valence-electron chi connectivity index (χ4n) is 5.55. The molecule has 8 heteroatoms. The molecule has 0 atom stereocenters. The number of morpholine rings is 1. The molecule has 1 spiro atoms. The molecule has 3 aliphatic rings. The summed E-state index contributed by atoms with van der Waals surface area (Å²) >= 11 is 0. The minimum Gasteiger partial charge on any atom is -0.404 e. The first-order chi connectivity index (χ1) is 17.5. The minimum atomic E-state index is -0.396. The van der Waals surface area contributed by atoms with Crippen molar-refractivity contribution in [2.45, 2.75) is 19.3 Å². The molecule has 3 saturated heterocycles. The minimum absolute atomic E-state index is 0.0335. The molecule has 2 amide bonds. The molecule has 3 N–H and O–H groups in total. The van der Waals surface area contributed by atoms with Crippen molar-refractivity contribution in [3.8, 4) is 0 Å². The van der Waals surface area contributed by atoms with E-state index in [-0.39, 0.29) is 11.8 Å². The number of nitrogens with one attached hydrogen (secondary N) is 1. The van der Waals surface area contributed by atoms with Crippen molar-refractivity contribution in [2.75, 3.05) is 55.7 Å². The number of allylic oxidation sites excluding steroid dienone is 1. The Balaban J connectivity index is 1.20. The summed E-state index contributed by atoms with van der Waals surface area (Å²) in [6, 6.07) is 15.5. The molecule has 3 aliphatic heterocycles. The van der Waals surface area contributed by atoms with Gasteiger partial charge in [-0.05, 0) is 61.2 Å². The number of ether oxygens (including phenoxy) is 1. The molecule has 8 nitrogen and oxygen atoms in total. The third-order valence-corrected chi connectivity index (χ3v) is 7.86. The summed E-state index contributed by atoms with van der Waals surface area (Å²) in [6.45, 7) is 5.06. The quantitative estimate of drug-likeness (QED) is 0.631. The highest BCUT2D eigenvalue weighted by Gasteiger charge is 2.49. The first-order valence-corrected chi connectivity index (χ1v) is 12.6. The number of hydrogen-bond acceptors (Lipinski definition) is 6. The molecule has 5 rings (SSSR count). The van der Waals surface area contributed by atoms with Gasteiger partial charge in [-0.1, -0.05) is 12.1 Å². The van der Waals surface area contributed by atoms with Crippen molar-refractivity contribution in [3.63, 3.8) is 0 Å². The van der Waals surface area contributed by atoms with Crippen LogP contribution >= 0.6 is 0 Å². The molecule has 188 valence electrons. The molecule has 36 heavy (non-hydrogen) atoms. The Morgan fingerprint density at radius 2 is 1.44 bits per heavy atom. The van der Waals surface area contributed by atoms with Crippen LogP contribution in [0.1, 0.15) is 35.2 Å². The Morgan fingerprint density at radius 3 is 2.06 bits per heavy atom. The number of likely N-dealkylation sites (tertiary alicyclic amines) is 1. The van der Waals surface area contributed by atoms with Crippen LogP contribution < -0.4 is 15.5 Å². The van der Waals surface area contributed by atoms with Crippen molar-refractivity contribution in [1.29, 1.82) is 5.41 Å². The second kappa shape index (κ2) is 10.1. The highest BCUT2D eigenvalue weighted by Crippen LogP contribution is 2.43. The number of anilines is 2. The van der Waals surface area contributed by atoms with Crippen LogP contribution in [-0.2, 0) is 9.53 Å². The molecule has 0 radical (unpaired) electrons. The lowest BCUT2D eigenvalue weighted by atomic mass is 9.77. The highest BCUT2D eigenvalue weighted by molar-refractivity contribution is 6.08. The summed E-state index contributed by atoms with van der Waals surface area (Å²) in [5, 5.41) is 7.46. The van der Waals surface area contributed by atoms with E-state index in [0.717, 1.165) is 49.7 Å². The molecule has 3 fully saturated rings. The number of amides is 2. The highest BCUT2D eigenvalue weighted by atomic mass is 16.5. The number of piperidine rings is 1. The largest absolute Gasteiger partial charge is 0.404 e. The van der Waals surface area contributed by atoms with Gasteiger partial charge in [-0.3, -0.25) is 9.59 Å². The first-order valence-electron chi connectivity index (χ1n) is 12.6. The zero-order valence-corrected chi connectivity index (χ0v) is 20.5. The molecular weight excluding hydrogens is 454 g/mol. The average Bonchev–Trinajstić information content (AvgIpc) is 3.25. The van der Waals surface area contributed by atoms with E-state index in [9.17, 15) is 9.59 Å². The third-order valence-electron chi connectivity index (χ3n) is 7.86. The SMILES string of the molecule is N=C/C(=C\N)c1ccc(N2CCC3(CCN(C(=O)c4ccc(N5CCOCC5)cc4)CC3)C2=O)cc1. The number of nitrogens with two attached hydrogens (primary N) is 1. The monoisotopic (exact) mass is 487 g/mol. The number of hydrogen-bond donors (Lipinski definition) is 2. The Morgan fingerprint density at radius 1 is 0.861 bits per heavy atom. The Kier molecular flexibility index (Phi) is 6.78. The molecular formula is C28H33N5O3. The predicted octanol–water partition coefficient (Wildman–Crippen LogP) is 3.13. The van der Waals surface area contributed by atoms with Crippen LogP contribution in [0.15, 0.2) is 54.7 Å². The smallest absolute Gasteiger partial charge is 0.253 e. The fraction of sp³-hybridized carbons (Fsp3) is 0.393. The van der Waals surface area contributed by atoms with E-state index < -0.39 is 5.41 Å². The van der Waals surface area contributed by atoms with Gasteiger partial charge in [0.25, 0.3) is 5.91 Å². The Labute approximate surface area is 211 Å². The second-order valence-electron chi connectivity index (χ2n) is 9.74. The lowest BCUT2D eigenvalue weighted by molar-refractivity contribution is -0.127. The van der Waals surface area contributed by atoms with Gasteiger partial charge in [0.1, 0.15) is 0 Å². The van der Waals surface area contributed by atoms with Gasteiger partial charge in [-0.15, -0.1) is 0 Å². The van der Waals surface area contributed by atoms with Crippen LogP contribution in [0.2, 0.25) is 0 Å². The van der Waals surface area contributed by atoms with Gasteiger partial charge in [0.2, 0.25) is 5.91 Å². The molecule has 3 heterocycles. The number of carbonyl (C=O) groups excluding carboxylic acids is 2. The van der Waals surface area contributed by atoms with Crippen LogP contribution in [0.4, 0.5) is 11.4 Å². The Hall–Kier alpha value is -3.65. The van der Waals surface area contributed by atoms with E-state index in [1.54, 1.807) is 0 Å². The summed E-state index contributed by atoms with van der Waals surface area (Å²) in [6.07, 6.45) is 4.81. The van der Waals surface area contributed by atoms with Crippen molar-refractivity contribution < 1.29 is 14.3 Å². The summed E-state index contributed by atoms with van der Waals surface area (Å²) in [5.41, 5.74) is 9.35. The van der Waals surface area contributed by atoms with Gasteiger partial charge in [0.05, 0.1) is 18.6 Å². The molecule has 0 bridgehead atoms. The van der Waals surface area contributed by atoms with E-state index in [4.69, 9.17) is 15.9 Å². The summed E-state index contributed by atoms with van der Waals surface area (Å²) in [4.78, 5) is 32.7. The molecule has 2 aromatic carbocycles. The lowest BCUT2D eigenvalue weighted by Gasteiger charge is -2.38. The zero-order valence-electron chi connectivity index (χ0n) is 20.5. The average molecular weight is 488 g/mol. The van der Waals surface area contributed by atoms with Crippen molar-refractivity contribution in [1.82, 2.24) is 4.90 Å². The third kappa shape index (κ3) is 4.48. The van der Waals surface area contributed by atoms with Gasteiger partial charge in [-0.2, -0.15) is 0 Å². The molecule has 0 saturated carbocycles. The summed E-state index contributed by atoms with van der Waals surface area (Å²) in [7, 11) is 0. The molecule has 2 aromatic rings. The maximum absolute atomic E-state index is 13.5. The first kappa shape index (κ1) is 24.1. The van der Waals surface area contributed by atoms with Crippen molar-refractivity contribution in [2.24, 2.45) is 11.1 Å². The van der Waals surface area contributed by atoms with E-state index >= 15 is 0 Å². The number of carbonyl (C=O) groups is 2. The van der Waals surface area contributed by atoms with Gasteiger partial charge in [0.15, 0.2) is 0 Å². The number of benzene rings is 2. The second-order valence-corrected chi connectivity index (χ2v) is 9.74. The molecule has 0 aliphatic carbocycles. The summed E-state index contributed by atoms with van der Waals surface area (Å²) < 4.78 is 5.42. The number of rotatable bonds is 5. The van der Waals surface area contributed by atoms with E-state index in [1.807, 2.05) is 58.3 Å². The predicted molar refractivity (Wildman–Crippen MR) is 141 cm³/mol.